The van der Waals surface area contributed by atoms with Crippen molar-refractivity contribution in [3.05, 3.63) is 99.1 Å². The molecule has 3 rings (SSSR count). The fourth-order valence-electron chi connectivity index (χ4n) is 2.86. The van der Waals surface area contributed by atoms with Gasteiger partial charge in [0.15, 0.2) is 0 Å². The van der Waals surface area contributed by atoms with E-state index < -0.39 is 34.0 Å². The van der Waals surface area contributed by atoms with Crippen molar-refractivity contribution in [1.82, 2.24) is 0 Å². The molecule has 0 aromatic heterocycles. The minimum absolute atomic E-state index is 0.241. The van der Waals surface area contributed by atoms with Crippen molar-refractivity contribution < 1.29 is 24.4 Å². The monoisotopic (exact) mass is 418 g/mol. The lowest BCUT2D eigenvalue weighted by Gasteiger charge is -2.12. The fraction of sp³-hybridized carbons (Fsp3) is 0.0455. The maximum Gasteiger partial charge on any atom is 0.270 e. The van der Waals surface area contributed by atoms with Crippen molar-refractivity contribution >= 4 is 34.8 Å². The predicted octanol–water partition coefficient (Wildman–Crippen LogP) is 2.77. The quantitative estimate of drug-likeness (QED) is 0.466. The number of carboxylic acid groups (broad SMARTS) is 1. The number of carbonyl (C=O) groups is 3. The summed E-state index contributed by atoms with van der Waals surface area (Å²) in [4.78, 5) is 46.5. The van der Waals surface area contributed by atoms with Crippen LogP contribution in [0.1, 0.15) is 36.6 Å². The van der Waals surface area contributed by atoms with Crippen LogP contribution in [0.4, 0.5) is 17.1 Å². The van der Waals surface area contributed by atoms with Crippen LogP contribution in [0.2, 0.25) is 0 Å². The predicted molar refractivity (Wildman–Crippen MR) is 111 cm³/mol. The highest BCUT2D eigenvalue weighted by Gasteiger charge is 2.17. The van der Waals surface area contributed by atoms with E-state index >= 15 is 0 Å². The summed E-state index contributed by atoms with van der Waals surface area (Å²) in [7, 11) is 0. The topological polar surface area (TPSA) is 141 Å². The van der Waals surface area contributed by atoms with Gasteiger partial charge >= 0.3 is 0 Å². The minimum atomic E-state index is -1.72. The number of hydrogen-bond acceptors (Lipinski definition) is 6. The van der Waals surface area contributed by atoms with Crippen LogP contribution in [0, 0.1) is 17.0 Å². The number of anilines is 2. The maximum atomic E-state index is 12.6. The smallest absolute Gasteiger partial charge is 0.270 e. The van der Waals surface area contributed by atoms with Crippen molar-refractivity contribution in [3.63, 3.8) is 0 Å². The third-order valence-corrected chi connectivity index (χ3v) is 4.45. The van der Waals surface area contributed by atoms with E-state index in [9.17, 15) is 29.6 Å². The fourth-order valence-corrected chi connectivity index (χ4v) is 2.86. The van der Waals surface area contributed by atoms with Gasteiger partial charge in [0, 0.05) is 40.2 Å². The summed E-state index contributed by atoms with van der Waals surface area (Å²) in [6.45, 7) is 1.85. The molecule has 0 radical (unpaired) electrons. The number of carbonyl (C=O) groups excluding carboxylic acids is 3. The molecule has 0 saturated carbocycles. The molecule has 0 saturated heterocycles. The highest BCUT2D eigenvalue weighted by Crippen LogP contribution is 2.20. The first kappa shape index (κ1) is 21.2. The Balaban J connectivity index is 1.82. The minimum Gasteiger partial charge on any atom is -0.545 e. The zero-order chi connectivity index (χ0) is 22.5. The standard InChI is InChI=1S/C22H17N3O6/c1-13-5-2-3-8-19(13)24-20(26)14-6-4-7-15(11-14)23-21(27)17-10-9-16(25(30)31)12-18(17)22(28)29/h2-12H,1H3,(H,23,27)(H,24,26)(H,28,29)/p-1. The highest BCUT2D eigenvalue weighted by atomic mass is 16.6. The zero-order valence-corrected chi connectivity index (χ0v) is 16.2. The molecule has 156 valence electrons. The molecule has 3 aromatic rings. The van der Waals surface area contributed by atoms with Crippen LogP contribution in [-0.4, -0.2) is 22.7 Å². The largest absolute Gasteiger partial charge is 0.545 e. The average molecular weight is 418 g/mol. The summed E-state index contributed by atoms with van der Waals surface area (Å²) in [5.41, 5.74) is 0.640. The Morgan fingerprint density at radius 3 is 2.26 bits per heavy atom. The molecule has 2 amide bonds. The maximum absolute atomic E-state index is 12.6. The first-order chi connectivity index (χ1) is 14.8. The van der Waals surface area contributed by atoms with Gasteiger partial charge in [0.2, 0.25) is 0 Å². The van der Waals surface area contributed by atoms with Crippen LogP contribution in [0.3, 0.4) is 0 Å². The van der Waals surface area contributed by atoms with Crippen LogP contribution < -0.4 is 15.7 Å². The molecule has 0 heterocycles. The number of aromatic carboxylic acids is 1. The molecule has 31 heavy (non-hydrogen) atoms. The van der Waals surface area contributed by atoms with Crippen molar-refractivity contribution in [2.45, 2.75) is 6.92 Å². The number of para-hydroxylation sites is 1. The summed E-state index contributed by atoms with van der Waals surface area (Å²) in [6, 6.07) is 16.1. The van der Waals surface area contributed by atoms with Gasteiger partial charge in [-0.05, 0) is 42.8 Å². The molecule has 0 atom stereocenters. The first-order valence-corrected chi connectivity index (χ1v) is 9.04. The van der Waals surface area contributed by atoms with Gasteiger partial charge in [-0.1, -0.05) is 24.3 Å². The van der Waals surface area contributed by atoms with E-state index in [0.29, 0.717) is 5.69 Å². The number of carboxylic acids is 1. The lowest BCUT2D eigenvalue weighted by Crippen LogP contribution is -2.26. The normalized spacial score (nSPS) is 10.2. The average Bonchev–Trinajstić information content (AvgIpc) is 2.75. The summed E-state index contributed by atoms with van der Waals surface area (Å²) in [6.07, 6.45) is 0. The van der Waals surface area contributed by atoms with E-state index in [1.807, 2.05) is 19.1 Å². The summed E-state index contributed by atoms with van der Waals surface area (Å²) in [5, 5.41) is 27.5. The summed E-state index contributed by atoms with van der Waals surface area (Å²) in [5.74, 6) is -2.93. The van der Waals surface area contributed by atoms with E-state index in [4.69, 9.17) is 0 Å². The van der Waals surface area contributed by atoms with Gasteiger partial charge in [0.25, 0.3) is 17.5 Å². The molecule has 3 aromatic carbocycles. The Morgan fingerprint density at radius 2 is 1.58 bits per heavy atom. The van der Waals surface area contributed by atoms with Crippen LogP contribution in [-0.2, 0) is 0 Å². The van der Waals surface area contributed by atoms with E-state index in [-0.39, 0.29) is 16.8 Å². The Morgan fingerprint density at radius 1 is 0.839 bits per heavy atom. The van der Waals surface area contributed by atoms with Gasteiger partial charge in [0.1, 0.15) is 0 Å². The van der Waals surface area contributed by atoms with Crippen molar-refractivity contribution in [3.8, 4) is 0 Å². The SMILES string of the molecule is Cc1ccccc1NC(=O)c1cccc(NC(=O)c2ccc([N+](=O)[O-])cc2C(=O)[O-])c1. The molecule has 0 bridgehead atoms. The Labute approximate surface area is 176 Å². The second kappa shape index (κ2) is 8.87. The van der Waals surface area contributed by atoms with E-state index in [2.05, 4.69) is 10.6 Å². The highest BCUT2D eigenvalue weighted by molar-refractivity contribution is 6.11. The molecule has 0 aliphatic heterocycles. The number of rotatable bonds is 6. The van der Waals surface area contributed by atoms with Gasteiger partial charge in [-0.25, -0.2) is 0 Å². The van der Waals surface area contributed by atoms with Gasteiger partial charge in [0.05, 0.1) is 10.9 Å². The lowest BCUT2D eigenvalue weighted by molar-refractivity contribution is -0.385. The van der Waals surface area contributed by atoms with Gasteiger partial charge < -0.3 is 20.5 Å². The zero-order valence-electron chi connectivity index (χ0n) is 16.2. The lowest BCUT2D eigenvalue weighted by atomic mass is 10.1. The number of amides is 2. The molecule has 0 fully saturated rings. The number of nitro groups is 1. The molecule has 0 aliphatic rings. The first-order valence-electron chi connectivity index (χ1n) is 9.04. The molecule has 2 N–H and O–H groups in total. The summed E-state index contributed by atoms with van der Waals surface area (Å²) >= 11 is 0. The molecule has 9 heteroatoms. The Bertz CT molecular complexity index is 1210. The van der Waals surface area contributed by atoms with Crippen molar-refractivity contribution in [2.24, 2.45) is 0 Å². The van der Waals surface area contributed by atoms with Crippen LogP contribution >= 0.6 is 0 Å². The Hall–Kier alpha value is -4.53. The molecule has 0 aliphatic carbocycles. The number of non-ortho nitro benzene ring substituents is 1. The van der Waals surface area contributed by atoms with Crippen molar-refractivity contribution in [2.75, 3.05) is 10.6 Å². The third-order valence-electron chi connectivity index (χ3n) is 4.45. The number of benzene rings is 3. The number of nitrogens with zero attached hydrogens (tertiary/aromatic N) is 1. The number of aryl methyl sites for hydroxylation is 1. The summed E-state index contributed by atoms with van der Waals surface area (Å²) < 4.78 is 0. The van der Waals surface area contributed by atoms with E-state index in [1.54, 1.807) is 24.3 Å². The van der Waals surface area contributed by atoms with Gasteiger partial charge in [-0.2, -0.15) is 0 Å². The number of nitro benzene ring substituents is 1. The molecular formula is C22H16N3O6-. The van der Waals surface area contributed by atoms with Crippen LogP contribution in [0.5, 0.6) is 0 Å². The van der Waals surface area contributed by atoms with Gasteiger partial charge in [-0.15, -0.1) is 0 Å². The van der Waals surface area contributed by atoms with Crippen LogP contribution in [0.25, 0.3) is 0 Å². The molecule has 0 spiro atoms. The Kier molecular flexibility index (Phi) is 6.06. The van der Waals surface area contributed by atoms with E-state index in [1.165, 1.54) is 12.1 Å². The third kappa shape index (κ3) is 4.91. The molecule has 9 nitrogen and oxygen atoms in total. The second-order valence-corrected chi connectivity index (χ2v) is 6.58. The number of hydrogen-bond donors (Lipinski definition) is 2. The van der Waals surface area contributed by atoms with Gasteiger partial charge in [-0.3, -0.25) is 19.7 Å². The molecule has 0 unspecified atom stereocenters. The second-order valence-electron chi connectivity index (χ2n) is 6.58. The van der Waals surface area contributed by atoms with E-state index in [0.717, 1.165) is 23.8 Å². The number of nitrogens with one attached hydrogen (secondary N) is 2. The van der Waals surface area contributed by atoms with Crippen LogP contribution in [0.15, 0.2) is 66.7 Å². The van der Waals surface area contributed by atoms with Crippen molar-refractivity contribution in [1.29, 1.82) is 0 Å². The molecular weight excluding hydrogens is 402 g/mol.